The Balaban J connectivity index is 2.45. The first-order chi connectivity index (χ1) is 7.95. The number of ether oxygens (including phenoxy) is 2. The Bertz CT molecular complexity index is 310. The van der Waals surface area contributed by atoms with Crippen LogP contribution in [0.25, 0.3) is 0 Å². The van der Waals surface area contributed by atoms with Crippen LogP contribution in [0.15, 0.2) is 0 Å². The molecule has 1 N–H and O–H groups in total. The van der Waals surface area contributed by atoms with Crippen LogP contribution in [-0.2, 0) is 19.7 Å². The molecule has 0 radical (unpaired) electrons. The predicted octanol–water partition coefficient (Wildman–Crippen LogP) is -0.0335. The lowest BCUT2D eigenvalue weighted by molar-refractivity contribution is -0.0443. The van der Waals surface area contributed by atoms with E-state index in [1.165, 1.54) is 4.31 Å². The minimum Gasteiger partial charge on any atom is -0.385 e. The molecule has 0 aromatic carbocycles. The van der Waals surface area contributed by atoms with Crippen LogP contribution in [0.1, 0.15) is 20.3 Å². The predicted molar refractivity (Wildman–Crippen MR) is 65.0 cm³/mol. The van der Waals surface area contributed by atoms with Crippen LogP contribution in [0.3, 0.4) is 0 Å². The maximum absolute atomic E-state index is 12.0. The first-order valence-electron chi connectivity index (χ1n) is 5.85. The van der Waals surface area contributed by atoms with E-state index in [2.05, 4.69) is 4.72 Å². The largest absolute Gasteiger partial charge is 0.385 e. The van der Waals surface area contributed by atoms with Crippen LogP contribution in [0, 0.1) is 0 Å². The second-order valence-corrected chi connectivity index (χ2v) is 6.08. The summed E-state index contributed by atoms with van der Waals surface area (Å²) in [4.78, 5) is 0. The van der Waals surface area contributed by atoms with Gasteiger partial charge in [-0.1, -0.05) is 0 Å². The van der Waals surface area contributed by atoms with E-state index >= 15 is 0 Å². The van der Waals surface area contributed by atoms with Crippen LogP contribution in [0.4, 0.5) is 0 Å². The van der Waals surface area contributed by atoms with Crippen molar-refractivity contribution < 1.29 is 17.9 Å². The maximum Gasteiger partial charge on any atom is 0.279 e. The number of nitrogens with zero attached hydrogens (tertiary/aromatic N) is 1. The van der Waals surface area contributed by atoms with Crippen molar-refractivity contribution in [2.45, 2.75) is 32.5 Å². The molecule has 7 heteroatoms. The molecule has 0 saturated carbocycles. The molecule has 1 aliphatic rings. The average molecular weight is 266 g/mol. The summed E-state index contributed by atoms with van der Waals surface area (Å²) in [6.45, 7) is 5.52. The van der Waals surface area contributed by atoms with Crippen molar-refractivity contribution in [3.8, 4) is 0 Å². The van der Waals surface area contributed by atoms with Crippen molar-refractivity contribution in [1.29, 1.82) is 0 Å². The molecular formula is C10H22N2O4S. The second kappa shape index (κ2) is 6.65. The highest BCUT2D eigenvalue weighted by Gasteiger charge is 2.30. The fourth-order valence-electron chi connectivity index (χ4n) is 1.84. The summed E-state index contributed by atoms with van der Waals surface area (Å²) >= 11 is 0. The third kappa shape index (κ3) is 4.89. The molecule has 2 atom stereocenters. The van der Waals surface area contributed by atoms with Gasteiger partial charge in [-0.05, 0) is 20.3 Å². The summed E-state index contributed by atoms with van der Waals surface area (Å²) in [5.41, 5.74) is 0. The molecule has 0 spiro atoms. The minimum atomic E-state index is -3.38. The van der Waals surface area contributed by atoms with Crippen LogP contribution < -0.4 is 4.72 Å². The lowest BCUT2D eigenvalue weighted by Gasteiger charge is -2.34. The summed E-state index contributed by atoms with van der Waals surface area (Å²) in [5.74, 6) is 0. The maximum atomic E-state index is 12.0. The van der Waals surface area contributed by atoms with Crippen LogP contribution in [0.2, 0.25) is 0 Å². The number of hydrogen-bond acceptors (Lipinski definition) is 4. The minimum absolute atomic E-state index is 0.0608. The lowest BCUT2D eigenvalue weighted by Crippen LogP contribution is -2.52. The average Bonchev–Trinajstić information content (AvgIpc) is 2.23. The summed E-state index contributed by atoms with van der Waals surface area (Å²) in [5, 5.41) is 0. The van der Waals surface area contributed by atoms with Crippen molar-refractivity contribution in [1.82, 2.24) is 9.03 Å². The van der Waals surface area contributed by atoms with Gasteiger partial charge in [0, 0.05) is 33.4 Å². The fourth-order valence-corrected chi connectivity index (χ4v) is 3.23. The number of methoxy groups -OCH3 is 1. The van der Waals surface area contributed by atoms with Gasteiger partial charge in [-0.2, -0.15) is 12.7 Å². The molecule has 1 fully saturated rings. The Morgan fingerprint density at radius 2 is 1.94 bits per heavy atom. The van der Waals surface area contributed by atoms with Gasteiger partial charge in [-0.3, -0.25) is 0 Å². The molecule has 0 aromatic heterocycles. The van der Waals surface area contributed by atoms with Gasteiger partial charge in [-0.25, -0.2) is 4.72 Å². The van der Waals surface area contributed by atoms with Gasteiger partial charge in [0.1, 0.15) is 0 Å². The third-order valence-corrected chi connectivity index (χ3v) is 4.08. The molecule has 0 amide bonds. The van der Waals surface area contributed by atoms with Gasteiger partial charge in [-0.15, -0.1) is 0 Å². The van der Waals surface area contributed by atoms with E-state index < -0.39 is 10.2 Å². The van der Waals surface area contributed by atoms with E-state index in [0.29, 0.717) is 32.7 Å². The molecule has 0 unspecified atom stereocenters. The number of rotatable bonds is 6. The Morgan fingerprint density at radius 3 is 2.47 bits per heavy atom. The van der Waals surface area contributed by atoms with E-state index in [-0.39, 0.29) is 12.2 Å². The smallest absolute Gasteiger partial charge is 0.279 e. The Labute approximate surface area is 103 Å². The van der Waals surface area contributed by atoms with E-state index in [9.17, 15) is 8.42 Å². The molecule has 102 valence electrons. The first kappa shape index (κ1) is 14.8. The quantitative estimate of drug-likeness (QED) is 0.685. The SMILES string of the molecule is COCCCNS(=O)(=O)N1C[C@H](C)O[C@@H](C)C1. The fraction of sp³-hybridized carbons (Fsp3) is 1.00. The molecule has 17 heavy (non-hydrogen) atoms. The molecular weight excluding hydrogens is 244 g/mol. The standard InChI is InChI=1S/C10H22N2O4S/c1-9-7-12(8-10(2)16-9)17(13,14)11-5-4-6-15-3/h9-11H,4-8H2,1-3H3/t9-,10-/m0/s1. The van der Waals surface area contributed by atoms with Crippen molar-refractivity contribution >= 4 is 10.2 Å². The summed E-state index contributed by atoms with van der Waals surface area (Å²) in [6.07, 6.45) is 0.550. The van der Waals surface area contributed by atoms with E-state index in [4.69, 9.17) is 9.47 Å². The van der Waals surface area contributed by atoms with Gasteiger partial charge in [0.25, 0.3) is 10.2 Å². The Kier molecular flexibility index (Phi) is 5.81. The van der Waals surface area contributed by atoms with E-state index in [1.807, 2.05) is 13.8 Å². The molecule has 0 aromatic rings. The van der Waals surface area contributed by atoms with Crippen molar-refractivity contribution in [2.75, 3.05) is 33.4 Å². The third-order valence-electron chi connectivity index (χ3n) is 2.54. The van der Waals surface area contributed by atoms with Crippen LogP contribution in [0.5, 0.6) is 0 Å². The van der Waals surface area contributed by atoms with Gasteiger partial charge in [0.2, 0.25) is 0 Å². The zero-order chi connectivity index (χ0) is 12.9. The van der Waals surface area contributed by atoms with Gasteiger partial charge >= 0.3 is 0 Å². The monoisotopic (exact) mass is 266 g/mol. The zero-order valence-corrected chi connectivity index (χ0v) is 11.5. The lowest BCUT2D eigenvalue weighted by atomic mass is 10.3. The summed E-state index contributed by atoms with van der Waals surface area (Å²) < 4.78 is 38.3. The topological polar surface area (TPSA) is 67.9 Å². The summed E-state index contributed by atoms with van der Waals surface area (Å²) in [6, 6.07) is 0. The van der Waals surface area contributed by atoms with E-state index in [1.54, 1.807) is 7.11 Å². The van der Waals surface area contributed by atoms with E-state index in [0.717, 1.165) is 0 Å². The van der Waals surface area contributed by atoms with Gasteiger partial charge < -0.3 is 9.47 Å². The van der Waals surface area contributed by atoms with Crippen LogP contribution >= 0.6 is 0 Å². The van der Waals surface area contributed by atoms with Crippen molar-refractivity contribution in [3.05, 3.63) is 0 Å². The Hall–Kier alpha value is -0.210. The second-order valence-electron chi connectivity index (χ2n) is 4.32. The molecule has 1 saturated heterocycles. The number of nitrogens with one attached hydrogen (secondary N) is 1. The zero-order valence-electron chi connectivity index (χ0n) is 10.7. The molecule has 6 nitrogen and oxygen atoms in total. The number of morpholine rings is 1. The number of hydrogen-bond donors (Lipinski definition) is 1. The van der Waals surface area contributed by atoms with Gasteiger partial charge in [0.15, 0.2) is 0 Å². The molecule has 0 aliphatic carbocycles. The highest BCUT2D eigenvalue weighted by molar-refractivity contribution is 7.87. The summed E-state index contributed by atoms with van der Waals surface area (Å²) in [7, 11) is -1.78. The van der Waals surface area contributed by atoms with Crippen LogP contribution in [-0.4, -0.2) is 58.3 Å². The highest BCUT2D eigenvalue weighted by Crippen LogP contribution is 2.13. The first-order valence-corrected chi connectivity index (χ1v) is 7.29. The molecule has 1 aliphatic heterocycles. The highest BCUT2D eigenvalue weighted by atomic mass is 32.2. The van der Waals surface area contributed by atoms with Crippen molar-refractivity contribution in [3.63, 3.8) is 0 Å². The molecule has 1 heterocycles. The normalized spacial score (nSPS) is 27.2. The molecule has 1 rings (SSSR count). The Morgan fingerprint density at radius 1 is 1.35 bits per heavy atom. The van der Waals surface area contributed by atoms with Crippen molar-refractivity contribution in [2.24, 2.45) is 0 Å². The molecule has 0 bridgehead atoms. The van der Waals surface area contributed by atoms with Gasteiger partial charge in [0.05, 0.1) is 12.2 Å².